The molecule has 1 N–H and O–H groups in total. The molecule has 2 heterocycles. The first-order valence-corrected chi connectivity index (χ1v) is 5.53. The van der Waals surface area contributed by atoms with Crippen LogP contribution in [0, 0.1) is 0 Å². The second kappa shape index (κ2) is 5.25. The van der Waals surface area contributed by atoms with Crippen LogP contribution >= 0.6 is 12.4 Å². The minimum absolute atomic E-state index is 0. The van der Waals surface area contributed by atoms with Gasteiger partial charge in [-0.15, -0.1) is 12.4 Å². The average Bonchev–Trinajstić information content (AvgIpc) is 2.39. The summed E-state index contributed by atoms with van der Waals surface area (Å²) in [6.45, 7) is 1.02. The molecule has 1 aromatic heterocycles. The van der Waals surface area contributed by atoms with Gasteiger partial charge in [-0.1, -0.05) is 24.3 Å². The molecule has 3 nitrogen and oxygen atoms in total. The predicted octanol–water partition coefficient (Wildman–Crippen LogP) is 2.13. The van der Waals surface area contributed by atoms with Crippen molar-refractivity contribution in [3.63, 3.8) is 0 Å². The molecule has 0 unspecified atom stereocenters. The van der Waals surface area contributed by atoms with Crippen LogP contribution in [0.3, 0.4) is 0 Å². The Labute approximate surface area is 107 Å². The van der Waals surface area contributed by atoms with E-state index in [4.69, 9.17) is 0 Å². The summed E-state index contributed by atoms with van der Waals surface area (Å²) in [5.41, 5.74) is 3.98. The van der Waals surface area contributed by atoms with E-state index in [1.165, 1.54) is 16.7 Å². The van der Waals surface area contributed by atoms with Crippen LogP contribution in [0.5, 0.6) is 0 Å². The summed E-state index contributed by atoms with van der Waals surface area (Å²) in [6.07, 6.45) is 4.68. The highest BCUT2D eigenvalue weighted by molar-refractivity contribution is 5.85. The van der Waals surface area contributed by atoms with Gasteiger partial charge in [0.25, 0.3) is 0 Å². The van der Waals surface area contributed by atoms with Crippen LogP contribution in [0.25, 0.3) is 0 Å². The number of halogens is 1. The lowest BCUT2D eigenvalue weighted by Gasteiger charge is -2.26. The lowest BCUT2D eigenvalue weighted by molar-refractivity contribution is 0.565. The highest BCUT2D eigenvalue weighted by Gasteiger charge is 2.20. The Morgan fingerprint density at radius 3 is 2.82 bits per heavy atom. The van der Waals surface area contributed by atoms with E-state index in [-0.39, 0.29) is 18.4 Å². The van der Waals surface area contributed by atoms with Gasteiger partial charge in [0, 0.05) is 12.7 Å². The molecule has 0 saturated carbocycles. The molecule has 0 aliphatic carbocycles. The second-order valence-corrected chi connectivity index (χ2v) is 4.01. The van der Waals surface area contributed by atoms with E-state index in [2.05, 4.69) is 39.8 Å². The van der Waals surface area contributed by atoms with Gasteiger partial charge < -0.3 is 5.32 Å². The van der Waals surface area contributed by atoms with Crippen molar-refractivity contribution in [1.29, 1.82) is 0 Å². The van der Waals surface area contributed by atoms with Gasteiger partial charge in [0.15, 0.2) is 0 Å². The molecule has 1 aromatic carbocycles. The number of aromatic nitrogens is 2. The second-order valence-electron chi connectivity index (χ2n) is 4.01. The van der Waals surface area contributed by atoms with Gasteiger partial charge in [0.05, 0.1) is 12.2 Å². The molecule has 1 aliphatic heterocycles. The Morgan fingerprint density at radius 2 is 2.00 bits per heavy atom. The number of nitrogens with zero attached hydrogens (tertiary/aromatic N) is 2. The van der Waals surface area contributed by atoms with Crippen molar-refractivity contribution in [2.75, 3.05) is 6.54 Å². The maximum Gasteiger partial charge on any atom is 0.0596 e. The minimum atomic E-state index is 0. The highest BCUT2D eigenvalue weighted by Crippen LogP contribution is 2.27. The summed E-state index contributed by atoms with van der Waals surface area (Å²) in [7, 11) is 0. The van der Waals surface area contributed by atoms with E-state index in [0.29, 0.717) is 0 Å². The molecule has 4 heteroatoms. The van der Waals surface area contributed by atoms with E-state index in [1.807, 2.05) is 12.3 Å². The maximum atomic E-state index is 3.94. The van der Waals surface area contributed by atoms with Gasteiger partial charge in [-0.05, 0) is 29.2 Å². The lowest BCUT2D eigenvalue weighted by atomic mass is 9.91. The summed E-state index contributed by atoms with van der Waals surface area (Å²) >= 11 is 0. The fraction of sp³-hybridized carbons (Fsp3) is 0.231. The van der Waals surface area contributed by atoms with Crippen LogP contribution in [0.2, 0.25) is 0 Å². The Balaban J connectivity index is 0.00000108. The third kappa shape index (κ3) is 2.30. The van der Waals surface area contributed by atoms with Gasteiger partial charge in [0.1, 0.15) is 0 Å². The van der Waals surface area contributed by atoms with Gasteiger partial charge in [-0.2, -0.15) is 10.2 Å². The quantitative estimate of drug-likeness (QED) is 0.839. The summed E-state index contributed by atoms with van der Waals surface area (Å²) < 4.78 is 0. The van der Waals surface area contributed by atoms with Crippen LogP contribution in [0.1, 0.15) is 22.7 Å². The number of hydrogen-bond donors (Lipinski definition) is 1. The summed E-state index contributed by atoms with van der Waals surface area (Å²) in [5, 5.41) is 11.3. The summed E-state index contributed by atoms with van der Waals surface area (Å²) in [5.74, 6) is 0. The third-order valence-corrected chi connectivity index (χ3v) is 3.05. The molecule has 0 bridgehead atoms. The SMILES string of the molecule is Cl.c1ccc2c(c1)CCN[C@@H]2c1ccnnc1. The largest absolute Gasteiger partial charge is 0.306 e. The van der Waals surface area contributed by atoms with Gasteiger partial charge in [-0.3, -0.25) is 0 Å². The van der Waals surface area contributed by atoms with Gasteiger partial charge in [0.2, 0.25) is 0 Å². The smallest absolute Gasteiger partial charge is 0.0596 e. The molecule has 0 radical (unpaired) electrons. The van der Waals surface area contributed by atoms with Gasteiger partial charge >= 0.3 is 0 Å². The predicted molar refractivity (Wildman–Crippen MR) is 69.3 cm³/mol. The van der Waals surface area contributed by atoms with E-state index in [1.54, 1.807) is 6.20 Å². The van der Waals surface area contributed by atoms with Crippen LogP contribution < -0.4 is 5.32 Å². The molecule has 0 amide bonds. The van der Waals surface area contributed by atoms with Crippen LogP contribution in [0.15, 0.2) is 42.7 Å². The fourth-order valence-corrected chi connectivity index (χ4v) is 2.27. The number of benzene rings is 1. The first-order valence-electron chi connectivity index (χ1n) is 5.53. The maximum absolute atomic E-state index is 3.94. The van der Waals surface area contributed by atoms with E-state index < -0.39 is 0 Å². The van der Waals surface area contributed by atoms with Crippen molar-refractivity contribution >= 4 is 12.4 Å². The molecule has 3 rings (SSSR count). The summed E-state index contributed by atoms with van der Waals surface area (Å²) in [6, 6.07) is 10.9. The van der Waals surface area contributed by atoms with Crippen molar-refractivity contribution in [2.24, 2.45) is 0 Å². The van der Waals surface area contributed by atoms with E-state index in [9.17, 15) is 0 Å². The van der Waals surface area contributed by atoms with Crippen LogP contribution in [-0.2, 0) is 6.42 Å². The molecule has 2 aromatic rings. The molecule has 0 saturated heterocycles. The number of fused-ring (bicyclic) bond motifs is 1. The van der Waals surface area contributed by atoms with Crippen molar-refractivity contribution in [1.82, 2.24) is 15.5 Å². The van der Waals surface area contributed by atoms with E-state index in [0.717, 1.165) is 13.0 Å². The van der Waals surface area contributed by atoms with Crippen molar-refractivity contribution in [2.45, 2.75) is 12.5 Å². The topological polar surface area (TPSA) is 37.8 Å². The Bertz CT molecular complexity index is 487. The van der Waals surface area contributed by atoms with E-state index >= 15 is 0 Å². The molecule has 1 aliphatic rings. The Hall–Kier alpha value is -1.45. The molecule has 88 valence electrons. The highest BCUT2D eigenvalue weighted by atomic mass is 35.5. The molecule has 0 spiro atoms. The van der Waals surface area contributed by atoms with Crippen LogP contribution in [-0.4, -0.2) is 16.7 Å². The normalized spacial score (nSPS) is 18.0. The number of rotatable bonds is 1. The average molecular weight is 248 g/mol. The first-order chi connectivity index (χ1) is 7.95. The zero-order valence-corrected chi connectivity index (χ0v) is 10.2. The number of nitrogens with one attached hydrogen (secondary N) is 1. The zero-order valence-electron chi connectivity index (χ0n) is 9.34. The Kier molecular flexibility index (Phi) is 3.71. The lowest BCUT2D eigenvalue weighted by Crippen LogP contribution is -2.30. The Morgan fingerprint density at radius 1 is 1.12 bits per heavy atom. The molecular weight excluding hydrogens is 234 g/mol. The summed E-state index contributed by atoms with van der Waals surface area (Å²) in [4.78, 5) is 0. The number of hydrogen-bond acceptors (Lipinski definition) is 3. The zero-order chi connectivity index (χ0) is 10.8. The van der Waals surface area contributed by atoms with Gasteiger partial charge in [-0.25, -0.2) is 0 Å². The molecular formula is C13H14ClN3. The van der Waals surface area contributed by atoms with Crippen molar-refractivity contribution < 1.29 is 0 Å². The third-order valence-electron chi connectivity index (χ3n) is 3.05. The monoisotopic (exact) mass is 247 g/mol. The molecule has 17 heavy (non-hydrogen) atoms. The fourth-order valence-electron chi connectivity index (χ4n) is 2.27. The molecule has 1 atom stereocenters. The van der Waals surface area contributed by atoms with Crippen molar-refractivity contribution in [3.8, 4) is 0 Å². The van der Waals surface area contributed by atoms with Crippen LogP contribution in [0.4, 0.5) is 0 Å². The standard InChI is InChI=1S/C13H13N3.ClH/c1-2-4-12-10(3-1)5-7-14-13(12)11-6-8-15-16-9-11;/h1-4,6,8-9,13-14H,5,7H2;1H/t13-;/m1./s1. The minimum Gasteiger partial charge on any atom is -0.306 e. The molecule has 0 fully saturated rings. The first kappa shape index (κ1) is 12.0. The van der Waals surface area contributed by atoms with Crippen molar-refractivity contribution in [3.05, 3.63) is 59.4 Å².